The number of nitrogens with one attached hydrogen (secondary N) is 2. The molecule has 1 aliphatic heterocycles. The highest BCUT2D eigenvalue weighted by Gasteiger charge is 2.19. The van der Waals surface area contributed by atoms with Crippen molar-refractivity contribution in [2.75, 3.05) is 13.1 Å². The highest BCUT2D eigenvalue weighted by atomic mass is 16.5. The van der Waals surface area contributed by atoms with Gasteiger partial charge in [0.2, 0.25) is 0 Å². The molecule has 1 saturated heterocycles. The highest BCUT2D eigenvalue weighted by Crippen LogP contribution is 2.31. The summed E-state index contributed by atoms with van der Waals surface area (Å²) in [4.78, 5) is 34.0. The molecule has 8 nitrogen and oxygen atoms in total. The lowest BCUT2D eigenvalue weighted by atomic mass is 10.0. The normalized spacial score (nSPS) is 14.1. The first-order chi connectivity index (χ1) is 18.1. The van der Waals surface area contributed by atoms with Gasteiger partial charge in [0, 0.05) is 40.2 Å². The van der Waals surface area contributed by atoms with Crippen LogP contribution >= 0.6 is 0 Å². The van der Waals surface area contributed by atoms with Crippen molar-refractivity contribution in [3.05, 3.63) is 84.7 Å². The number of H-pyrrole nitrogens is 1. The van der Waals surface area contributed by atoms with Crippen LogP contribution in [0.1, 0.15) is 29.0 Å². The van der Waals surface area contributed by atoms with E-state index in [0.29, 0.717) is 5.69 Å². The van der Waals surface area contributed by atoms with Gasteiger partial charge in [0.15, 0.2) is 0 Å². The molecule has 6 rings (SSSR count). The topological polar surface area (TPSA) is 106 Å². The van der Waals surface area contributed by atoms with Crippen LogP contribution in [0.4, 0.5) is 0 Å². The van der Waals surface area contributed by atoms with E-state index in [1.807, 2.05) is 49.5 Å². The van der Waals surface area contributed by atoms with Crippen molar-refractivity contribution >= 4 is 16.9 Å². The largest absolute Gasteiger partial charge is 0.458 e. The zero-order valence-electron chi connectivity index (χ0n) is 20.4. The van der Waals surface area contributed by atoms with Gasteiger partial charge in [-0.25, -0.2) is 14.8 Å². The number of ether oxygens (including phenoxy) is 1. The molecule has 0 atom stereocenters. The van der Waals surface area contributed by atoms with E-state index in [1.54, 1.807) is 18.6 Å². The van der Waals surface area contributed by atoms with E-state index in [2.05, 4.69) is 42.4 Å². The Bertz CT molecular complexity index is 1570. The van der Waals surface area contributed by atoms with Gasteiger partial charge < -0.3 is 15.0 Å². The number of fused-ring (bicyclic) bond motifs is 1. The maximum atomic E-state index is 12.5. The molecular formula is C29H26N6O2. The fraction of sp³-hybridized carbons (Fsp3) is 0.207. The van der Waals surface area contributed by atoms with E-state index in [9.17, 15) is 4.79 Å². The summed E-state index contributed by atoms with van der Waals surface area (Å²) >= 11 is 0. The molecule has 1 aromatic carbocycles. The second-order valence-electron chi connectivity index (χ2n) is 9.21. The van der Waals surface area contributed by atoms with Gasteiger partial charge in [0.1, 0.15) is 11.8 Å². The van der Waals surface area contributed by atoms with E-state index in [-0.39, 0.29) is 12.1 Å². The Morgan fingerprint density at radius 2 is 1.73 bits per heavy atom. The molecule has 184 valence electrons. The quantitative estimate of drug-likeness (QED) is 0.335. The van der Waals surface area contributed by atoms with Crippen molar-refractivity contribution in [1.29, 1.82) is 0 Å². The smallest absolute Gasteiger partial charge is 0.357 e. The predicted molar refractivity (Wildman–Crippen MR) is 142 cm³/mol. The first-order valence-electron chi connectivity index (χ1n) is 12.4. The maximum Gasteiger partial charge on any atom is 0.357 e. The summed E-state index contributed by atoms with van der Waals surface area (Å²) in [5.41, 5.74) is 7.48. The number of carbonyl (C=O) groups excluding carboxylic acids is 1. The van der Waals surface area contributed by atoms with Gasteiger partial charge in [-0.15, -0.1) is 0 Å². The standard InChI is InChI=1S/C29H26N6O2/c1-18-3-2-4-25(35-18)28-27(33-17-34-28)19-5-7-24-21(13-19)14-22(16-31-24)20-6-8-26(32-15-20)29(36)37-23-9-11-30-12-10-23/h2-8,13-17,23,30H,9-12H2,1H3,(H,33,34). The van der Waals surface area contributed by atoms with Crippen LogP contribution in [-0.4, -0.2) is 50.1 Å². The molecule has 2 N–H and O–H groups in total. The van der Waals surface area contributed by atoms with Crippen LogP contribution in [0, 0.1) is 6.92 Å². The van der Waals surface area contributed by atoms with Crippen molar-refractivity contribution in [2.24, 2.45) is 0 Å². The first-order valence-corrected chi connectivity index (χ1v) is 12.4. The van der Waals surface area contributed by atoms with Crippen LogP contribution in [-0.2, 0) is 4.74 Å². The molecule has 5 heterocycles. The third kappa shape index (κ3) is 4.83. The maximum absolute atomic E-state index is 12.5. The Morgan fingerprint density at radius 3 is 2.54 bits per heavy atom. The second-order valence-corrected chi connectivity index (χ2v) is 9.21. The monoisotopic (exact) mass is 490 g/mol. The Kier molecular flexibility index (Phi) is 6.16. The fourth-order valence-electron chi connectivity index (χ4n) is 4.64. The van der Waals surface area contributed by atoms with Crippen molar-refractivity contribution in [3.63, 3.8) is 0 Å². The van der Waals surface area contributed by atoms with Crippen molar-refractivity contribution in [2.45, 2.75) is 25.9 Å². The van der Waals surface area contributed by atoms with Crippen LogP contribution in [0.3, 0.4) is 0 Å². The Balaban J connectivity index is 1.27. The summed E-state index contributed by atoms with van der Waals surface area (Å²) < 4.78 is 5.61. The zero-order valence-corrected chi connectivity index (χ0v) is 20.4. The average molecular weight is 491 g/mol. The summed E-state index contributed by atoms with van der Waals surface area (Å²) in [6.45, 7) is 3.71. The third-order valence-electron chi connectivity index (χ3n) is 6.60. The lowest BCUT2D eigenvalue weighted by Crippen LogP contribution is -2.33. The summed E-state index contributed by atoms with van der Waals surface area (Å²) in [6, 6.07) is 17.7. The van der Waals surface area contributed by atoms with Crippen LogP contribution in [0.25, 0.3) is 44.7 Å². The minimum atomic E-state index is -0.377. The minimum Gasteiger partial charge on any atom is -0.458 e. The number of aromatic nitrogens is 5. The molecule has 1 aliphatic rings. The molecule has 0 unspecified atom stereocenters. The highest BCUT2D eigenvalue weighted by molar-refractivity contribution is 5.90. The van der Waals surface area contributed by atoms with E-state index >= 15 is 0 Å². The SMILES string of the molecule is Cc1cccc(-c2[nH]cnc2-c2ccc3ncc(-c4ccc(C(=O)OC5CCNCC5)nc4)cc3c2)n1. The van der Waals surface area contributed by atoms with E-state index in [4.69, 9.17) is 4.74 Å². The van der Waals surface area contributed by atoms with E-state index in [1.165, 1.54) is 0 Å². The van der Waals surface area contributed by atoms with Crippen LogP contribution in [0.5, 0.6) is 0 Å². The number of aromatic amines is 1. The molecule has 0 spiro atoms. The number of hydrogen-bond acceptors (Lipinski definition) is 7. The van der Waals surface area contributed by atoms with Gasteiger partial charge in [0.05, 0.1) is 28.9 Å². The number of carbonyl (C=O) groups is 1. The Morgan fingerprint density at radius 1 is 0.919 bits per heavy atom. The summed E-state index contributed by atoms with van der Waals surface area (Å²) in [7, 11) is 0. The number of pyridine rings is 3. The van der Waals surface area contributed by atoms with Crippen LogP contribution in [0.2, 0.25) is 0 Å². The van der Waals surface area contributed by atoms with Crippen molar-refractivity contribution in [1.82, 2.24) is 30.2 Å². The molecule has 4 aromatic heterocycles. The Hall–Kier alpha value is -4.43. The second kappa shape index (κ2) is 9.91. The molecule has 1 fully saturated rings. The molecule has 0 saturated carbocycles. The van der Waals surface area contributed by atoms with E-state index in [0.717, 1.165) is 76.3 Å². The molecular weight excluding hydrogens is 464 g/mol. The number of hydrogen-bond donors (Lipinski definition) is 2. The van der Waals surface area contributed by atoms with Gasteiger partial charge >= 0.3 is 5.97 Å². The minimum absolute atomic E-state index is 0.0501. The summed E-state index contributed by atoms with van der Waals surface area (Å²) in [6.07, 6.45) is 6.82. The number of aryl methyl sites for hydroxylation is 1. The summed E-state index contributed by atoms with van der Waals surface area (Å²) in [5, 5.41) is 4.25. The predicted octanol–water partition coefficient (Wildman–Crippen LogP) is 4.97. The number of piperidine rings is 1. The average Bonchev–Trinajstić information content (AvgIpc) is 3.43. The van der Waals surface area contributed by atoms with Crippen molar-refractivity contribution in [3.8, 4) is 33.8 Å². The molecule has 37 heavy (non-hydrogen) atoms. The lowest BCUT2D eigenvalue weighted by molar-refractivity contribution is 0.0223. The number of benzene rings is 1. The van der Waals surface area contributed by atoms with Crippen LogP contribution < -0.4 is 5.32 Å². The fourth-order valence-corrected chi connectivity index (χ4v) is 4.64. The van der Waals surface area contributed by atoms with Gasteiger partial charge in [-0.1, -0.05) is 18.2 Å². The van der Waals surface area contributed by atoms with Crippen LogP contribution in [0.15, 0.2) is 73.3 Å². The zero-order chi connectivity index (χ0) is 25.2. The van der Waals surface area contributed by atoms with Gasteiger partial charge in [-0.2, -0.15) is 0 Å². The lowest BCUT2D eigenvalue weighted by Gasteiger charge is -2.22. The van der Waals surface area contributed by atoms with Gasteiger partial charge in [-0.3, -0.25) is 9.97 Å². The molecule has 0 radical (unpaired) electrons. The Labute approximate surface area is 214 Å². The molecule has 0 bridgehead atoms. The molecule has 8 heteroatoms. The number of imidazole rings is 1. The third-order valence-corrected chi connectivity index (χ3v) is 6.60. The number of esters is 1. The van der Waals surface area contributed by atoms with E-state index < -0.39 is 0 Å². The first kappa shape index (κ1) is 23.0. The number of rotatable bonds is 5. The summed E-state index contributed by atoms with van der Waals surface area (Å²) in [5.74, 6) is -0.377. The number of nitrogens with zero attached hydrogens (tertiary/aromatic N) is 4. The van der Waals surface area contributed by atoms with Gasteiger partial charge in [-0.05, 0) is 69.3 Å². The van der Waals surface area contributed by atoms with Gasteiger partial charge in [0.25, 0.3) is 0 Å². The van der Waals surface area contributed by atoms with Crippen molar-refractivity contribution < 1.29 is 9.53 Å². The molecule has 5 aromatic rings. The molecule has 0 aliphatic carbocycles. The molecule has 0 amide bonds.